The van der Waals surface area contributed by atoms with E-state index in [0.717, 1.165) is 41.9 Å². The fraction of sp³-hybridized carbons (Fsp3) is 0.333. The van der Waals surface area contributed by atoms with Crippen LogP contribution < -0.4 is 0 Å². The van der Waals surface area contributed by atoms with Gasteiger partial charge in [-0.2, -0.15) is 0 Å². The van der Waals surface area contributed by atoms with Gasteiger partial charge in [0.2, 0.25) is 0 Å². The molecular weight excluding hydrogens is 274 g/mol. The lowest BCUT2D eigenvalue weighted by molar-refractivity contribution is 0.00624. The van der Waals surface area contributed by atoms with Crippen molar-refractivity contribution in [2.75, 3.05) is 6.61 Å². The molecule has 22 heavy (non-hydrogen) atoms. The van der Waals surface area contributed by atoms with Gasteiger partial charge in [-0.25, -0.2) is 4.98 Å². The molecule has 1 aliphatic rings. The van der Waals surface area contributed by atoms with Gasteiger partial charge in [0, 0.05) is 36.1 Å². The van der Waals surface area contributed by atoms with Gasteiger partial charge < -0.3 is 9.30 Å². The Labute approximate surface area is 129 Å². The fourth-order valence-electron chi connectivity index (χ4n) is 3.10. The topological polar surface area (TPSA) is 39.9 Å². The Hall–Kier alpha value is -2.20. The van der Waals surface area contributed by atoms with Crippen LogP contribution in [0.3, 0.4) is 0 Å². The Morgan fingerprint density at radius 2 is 2.14 bits per heavy atom. The summed E-state index contributed by atoms with van der Waals surface area (Å²) in [6.07, 6.45) is 9.62. The number of fused-ring (bicyclic) bond motifs is 1. The number of hydrogen-bond acceptors (Lipinski definition) is 3. The van der Waals surface area contributed by atoms with E-state index in [1.807, 2.05) is 24.7 Å². The number of aromatic nitrogens is 3. The van der Waals surface area contributed by atoms with Gasteiger partial charge in [0.25, 0.3) is 0 Å². The monoisotopic (exact) mass is 293 g/mol. The van der Waals surface area contributed by atoms with E-state index in [0.29, 0.717) is 6.10 Å². The molecular formula is C18H19N3O. The van der Waals surface area contributed by atoms with Crippen LogP contribution in [0.1, 0.15) is 19.3 Å². The Morgan fingerprint density at radius 3 is 3.05 bits per heavy atom. The van der Waals surface area contributed by atoms with Crippen molar-refractivity contribution in [3.63, 3.8) is 0 Å². The van der Waals surface area contributed by atoms with Crippen LogP contribution in [0.2, 0.25) is 0 Å². The second kappa shape index (κ2) is 5.89. The Kier molecular flexibility index (Phi) is 3.60. The molecule has 1 atom stereocenters. The average Bonchev–Trinajstić information content (AvgIpc) is 3.03. The second-order valence-corrected chi connectivity index (χ2v) is 5.80. The molecule has 0 radical (unpaired) electrons. The molecule has 0 amide bonds. The lowest BCUT2D eigenvalue weighted by atomic mass is 10.1. The van der Waals surface area contributed by atoms with Crippen molar-refractivity contribution in [1.29, 1.82) is 0 Å². The molecule has 0 N–H and O–H groups in total. The van der Waals surface area contributed by atoms with E-state index in [4.69, 9.17) is 4.74 Å². The Balaban J connectivity index is 1.65. The van der Waals surface area contributed by atoms with Crippen LogP contribution in [0.5, 0.6) is 0 Å². The molecule has 112 valence electrons. The van der Waals surface area contributed by atoms with Gasteiger partial charge >= 0.3 is 0 Å². The van der Waals surface area contributed by atoms with Crippen molar-refractivity contribution in [3.8, 4) is 11.4 Å². The van der Waals surface area contributed by atoms with E-state index < -0.39 is 0 Å². The van der Waals surface area contributed by atoms with Gasteiger partial charge in [-0.1, -0.05) is 6.07 Å². The summed E-state index contributed by atoms with van der Waals surface area (Å²) >= 11 is 0. The van der Waals surface area contributed by atoms with Crippen LogP contribution >= 0.6 is 0 Å². The fourth-order valence-corrected chi connectivity index (χ4v) is 3.10. The number of imidazole rings is 1. The minimum Gasteiger partial charge on any atom is -0.376 e. The summed E-state index contributed by atoms with van der Waals surface area (Å²) in [5.74, 6) is 1.000. The van der Waals surface area contributed by atoms with Crippen molar-refractivity contribution >= 4 is 10.9 Å². The first kappa shape index (κ1) is 13.5. The summed E-state index contributed by atoms with van der Waals surface area (Å²) in [6, 6.07) is 10.4. The molecule has 0 spiro atoms. The third kappa shape index (κ3) is 2.62. The van der Waals surface area contributed by atoms with E-state index in [-0.39, 0.29) is 0 Å². The van der Waals surface area contributed by atoms with Gasteiger partial charge in [0.05, 0.1) is 18.2 Å². The molecule has 4 heteroatoms. The van der Waals surface area contributed by atoms with E-state index in [9.17, 15) is 0 Å². The maximum absolute atomic E-state index is 5.85. The first-order valence-corrected chi connectivity index (χ1v) is 7.88. The summed E-state index contributed by atoms with van der Waals surface area (Å²) in [5, 5.41) is 1.14. The van der Waals surface area contributed by atoms with E-state index in [1.54, 1.807) is 0 Å². The quantitative estimate of drug-likeness (QED) is 0.739. The molecule has 1 unspecified atom stereocenters. The molecule has 0 aliphatic carbocycles. The van der Waals surface area contributed by atoms with Gasteiger partial charge in [-0.05, 0) is 43.5 Å². The highest BCUT2D eigenvalue weighted by molar-refractivity contribution is 5.83. The molecule has 3 heterocycles. The Bertz CT molecular complexity index is 775. The first-order valence-electron chi connectivity index (χ1n) is 7.88. The maximum Gasteiger partial charge on any atom is 0.139 e. The largest absolute Gasteiger partial charge is 0.376 e. The summed E-state index contributed by atoms with van der Waals surface area (Å²) in [6.45, 7) is 1.76. The van der Waals surface area contributed by atoms with Gasteiger partial charge in [-0.3, -0.25) is 4.98 Å². The molecule has 1 aromatic carbocycles. The summed E-state index contributed by atoms with van der Waals surface area (Å²) in [4.78, 5) is 8.92. The molecule has 1 saturated heterocycles. The second-order valence-electron chi connectivity index (χ2n) is 5.80. The highest BCUT2D eigenvalue weighted by Gasteiger charge is 2.16. The normalized spacial score (nSPS) is 18.6. The van der Waals surface area contributed by atoms with Gasteiger partial charge in [-0.15, -0.1) is 0 Å². The highest BCUT2D eigenvalue weighted by Crippen LogP contribution is 2.24. The molecule has 3 aromatic rings. The van der Waals surface area contributed by atoms with Gasteiger partial charge in [0.1, 0.15) is 5.82 Å². The van der Waals surface area contributed by atoms with E-state index in [1.165, 1.54) is 12.8 Å². The smallest absolute Gasteiger partial charge is 0.139 e. The number of nitrogens with zero attached hydrogens (tertiary/aromatic N) is 3. The lowest BCUT2D eigenvalue weighted by Gasteiger charge is -2.23. The van der Waals surface area contributed by atoms with Crippen molar-refractivity contribution in [2.45, 2.75) is 31.9 Å². The minimum atomic E-state index is 0.309. The average molecular weight is 293 g/mol. The molecule has 4 rings (SSSR count). The number of hydrogen-bond donors (Lipinski definition) is 0. The van der Waals surface area contributed by atoms with Crippen LogP contribution in [-0.4, -0.2) is 27.2 Å². The van der Waals surface area contributed by atoms with Crippen molar-refractivity contribution in [1.82, 2.24) is 14.5 Å². The van der Waals surface area contributed by atoms with Crippen LogP contribution in [-0.2, 0) is 11.3 Å². The molecule has 1 aliphatic heterocycles. The molecule has 0 bridgehead atoms. The lowest BCUT2D eigenvalue weighted by Crippen LogP contribution is -2.24. The predicted octanol–water partition coefficient (Wildman–Crippen LogP) is 3.67. The zero-order valence-corrected chi connectivity index (χ0v) is 12.5. The third-order valence-electron chi connectivity index (χ3n) is 4.25. The first-order chi connectivity index (χ1) is 10.9. The van der Waals surface area contributed by atoms with Gasteiger partial charge in [0.15, 0.2) is 0 Å². The van der Waals surface area contributed by atoms with E-state index in [2.05, 4.69) is 38.8 Å². The summed E-state index contributed by atoms with van der Waals surface area (Å²) in [7, 11) is 0. The standard InChI is InChI=1S/C18H19N3O/c1-2-11-22-16(5-1)13-21-10-9-20-18(21)15-6-7-17-14(12-15)4-3-8-19-17/h3-4,6-10,12,16H,1-2,5,11,13H2. The molecule has 1 fully saturated rings. The van der Waals surface area contributed by atoms with Crippen molar-refractivity contribution in [3.05, 3.63) is 48.9 Å². The highest BCUT2D eigenvalue weighted by atomic mass is 16.5. The summed E-state index contributed by atoms with van der Waals surface area (Å²) in [5.41, 5.74) is 2.14. The van der Waals surface area contributed by atoms with E-state index >= 15 is 0 Å². The molecule has 2 aromatic heterocycles. The zero-order valence-electron chi connectivity index (χ0n) is 12.5. The summed E-state index contributed by atoms with van der Waals surface area (Å²) < 4.78 is 8.06. The Morgan fingerprint density at radius 1 is 1.14 bits per heavy atom. The van der Waals surface area contributed by atoms with Crippen molar-refractivity contribution in [2.24, 2.45) is 0 Å². The molecule has 4 nitrogen and oxygen atoms in total. The number of ether oxygens (including phenoxy) is 1. The predicted molar refractivity (Wildman–Crippen MR) is 86.6 cm³/mol. The van der Waals surface area contributed by atoms with Crippen LogP contribution in [0, 0.1) is 0 Å². The number of pyridine rings is 1. The van der Waals surface area contributed by atoms with Crippen LogP contribution in [0.15, 0.2) is 48.9 Å². The SMILES string of the molecule is c1cnc2ccc(-c3nccn3CC3CCCCO3)cc2c1. The number of rotatable bonds is 3. The third-order valence-corrected chi connectivity index (χ3v) is 4.25. The van der Waals surface area contributed by atoms with Crippen LogP contribution in [0.4, 0.5) is 0 Å². The maximum atomic E-state index is 5.85. The van der Waals surface area contributed by atoms with Crippen molar-refractivity contribution < 1.29 is 4.74 Å². The molecule has 0 saturated carbocycles. The zero-order chi connectivity index (χ0) is 14.8. The number of benzene rings is 1. The van der Waals surface area contributed by atoms with Crippen LogP contribution in [0.25, 0.3) is 22.3 Å². The minimum absolute atomic E-state index is 0.309.